The van der Waals surface area contributed by atoms with Gasteiger partial charge in [0, 0.05) is 30.5 Å². The molecule has 15 nitrogen and oxygen atoms in total. The van der Waals surface area contributed by atoms with Crippen molar-refractivity contribution in [2.45, 2.75) is 20.8 Å². The lowest BCUT2D eigenvalue weighted by molar-refractivity contribution is -0.168. The van der Waals surface area contributed by atoms with E-state index < -0.39 is 75.9 Å². The summed E-state index contributed by atoms with van der Waals surface area (Å²) >= 11 is 1.48. The Morgan fingerprint density at radius 1 is 0.604 bits per heavy atom. The standard InChI is InChI=1S/C32H33NO14S/c1-20(34)42-17-45-30(37)14-33(15-31(38)46-18-43-21(2)35)26-10-7-24(13-27(26)41-16-32(39)47-19-44-22(3)36)29-12-11-28(48-29)23-5-8-25(40-4)9-6-23/h5-13H,14-19H2,1-4H3. The van der Waals surface area contributed by atoms with Crippen molar-refractivity contribution >= 4 is 52.8 Å². The third kappa shape index (κ3) is 12.3. The SMILES string of the molecule is COc1ccc(-c2ccc(-c3ccc(N(CC(=O)OCOC(C)=O)CC(=O)OCOC(C)=O)c(OCC(=O)OCOC(C)=O)c3)s2)cc1. The molecule has 0 radical (unpaired) electrons. The highest BCUT2D eigenvalue weighted by Crippen LogP contribution is 2.39. The summed E-state index contributed by atoms with van der Waals surface area (Å²) in [7, 11) is 1.58. The molecule has 1 heterocycles. The van der Waals surface area contributed by atoms with Gasteiger partial charge in [-0.3, -0.25) is 24.0 Å². The van der Waals surface area contributed by atoms with E-state index >= 15 is 0 Å². The number of benzene rings is 2. The second-order valence-electron chi connectivity index (χ2n) is 9.53. The zero-order valence-corrected chi connectivity index (χ0v) is 27.3. The number of hydrogen-bond donors (Lipinski definition) is 0. The van der Waals surface area contributed by atoms with Gasteiger partial charge in [-0.25, -0.2) is 4.79 Å². The lowest BCUT2D eigenvalue weighted by atomic mass is 10.1. The number of nitrogens with zero attached hydrogens (tertiary/aromatic N) is 1. The van der Waals surface area contributed by atoms with Crippen molar-refractivity contribution < 1.29 is 66.7 Å². The number of rotatable bonds is 17. The number of carbonyl (C=O) groups excluding carboxylic acids is 6. The second-order valence-corrected chi connectivity index (χ2v) is 10.6. The molecule has 48 heavy (non-hydrogen) atoms. The summed E-state index contributed by atoms with van der Waals surface area (Å²) in [6, 6.07) is 16.2. The number of esters is 6. The van der Waals surface area contributed by atoms with Crippen LogP contribution >= 0.6 is 11.3 Å². The zero-order chi connectivity index (χ0) is 35.1. The van der Waals surface area contributed by atoms with Gasteiger partial charge in [0.25, 0.3) is 0 Å². The first kappa shape index (κ1) is 36.8. The van der Waals surface area contributed by atoms with Crippen molar-refractivity contribution in [1.29, 1.82) is 0 Å². The number of carbonyl (C=O) groups is 6. The number of methoxy groups -OCH3 is 1. The fourth-order valence-corrected chi connectivity index (χ4v) is 4.80. The largest absolute Gasteiger partial charge is 0.497 e. The smallest absolute Gasteiger partial charge is 0.347 e. The molecule has 0 fully saturated rings. The fourth-order valence-electron chi connectivity index (χ4n) is 3.79. The van der Waals surface area contributed by atoms with E-state index in [-0.39, 0.29) is 11.4 Å². The van der Waals surface area contributed by atoms with Crippen LogP contribution in [0.15, 0.2) is 54.6 Å². The van der Waals surface area contributed by atoms with Gasteiger partial charge in [0.15, 0.2) is 6.61 Å². The van der Waals surface area contributed by atoms with E-state index in [0.717, 1.165) is 41.8 Å². The van der Waals surface area contributed by atoms with Gasteiger partial charge in [-0.05, 0) is 59.7 Å². The molecule has 3 aromatic rings. The Hall–Kier alpha value is -5.64. The molecule has 2 aromatic carbocycles. The molecule has 0 saturated carbocycles. The average Bonchev–Trinajstić information content (AvgIpc) is 3.53. The molecule has 0 bridgehead atoms. The van der Waals surface area contributed by atoms with Gasteiger partial charge in [0.2, 0.25) is 20.4 Å². The Morgan fingerprint density at radius 3 is 1.58 bits per heavy atom. The van der Waals surface area contributed by atoms with Crippen LogP contribution in [0.1, 0.15) is 20.8 Å². The number of hydrogen-bond acceptors (Lipinski definition) is 16. The van der Waals surface area contributed by atoms with E-state index in [1.807, 2.05) is 36.4 Å². The van der Waals surface area contributed by atoms with E-state index in [9.17, 15) is 28.8 Å². The number of ether oxygens (including phenoxy) is 8. The van der Waals surface area contributed by atoms with Gasteiger partial charge in [-0.1, -0.05) is 6.07 Å². The maximum Gasteiger partial charge on any atom is 0.347 e. The second kappa shape index (κ2) is 18.5. The van der Waals surface area contributed by atoms with Crippen LogP contribution in [0.2, 0.25) is 0 Å². The molecule has 0 aliphatic heterocycles. The highest BCUT2D eigenvalue weighted by Gasteiger charge is 2.23. The minimum absolute atomic E-state index is 0.0527. The van der Waals surface area contributed by atoms with Crippen molar-refractivity contribution in [2.75, 3.05) is 52.1 Å². The third-order valence-corrected chi connectivity index (χ3v) is 7.18. The zero-order valence-electron chi connectivity index (χ0n) is 26.5. The van der Waals surface area contributed by atoms with Gasteiger partial charge in [0.05, 0.1) is 12.8 Å². The Balaban J connectivity index is 1.94. The van der Waals surface area contributed by atoms with Crippen LogP contribution in [0.5, 0.6) is 11.5 Å². The van der Waals surface area contributed by atoms with Gasteiger partial charge in [0.1, 0.15) is 24.6 Å². The first-order chi connectivity index (χ1) is 22.9. The summed E-state index contributed by atoms with van der Waals surface area (Å²) in [6.45, 7) is -0.285. The van der Waals surface area contributed by atoms with Gasteiger partial charge < -0.3 is 42.8 Å². The molecule has 0 N–H and O–H groups in total. The molecule has 16 heteroatoms. The molecule has 1 aromatic heterocycles. The summed E-state index contributed by atoms with van der Waals surface area (Å²) in [5.74, 6) is -3.89. The lowest BCUT2D eigenvalue weighted by Crippen LogP contribution is -2.37. The third-order valence-electron chi connectivity index (χ3n) is 6.00. The Kier molecular flexibility index (Phi) is 14.2. The molecule has 0 aliphatic carbocycles. The molecule has 0 spiro atoms. The summed E-state index contributed by atoms with van der Waals surface area (Å²) in [6.07, 6.45) is 0. The average molecular weight is 688 g/mol. The highest BCUT2D eigenvalue weighted by atomic mass is 32.1. The molecule has 0 atom stereocenters. The normalized spacial score (nSPS) is 10.2. The molecule has 0 saturated heterocycles. The van der Waals surface area contributed by atoms with Crippen molar-refractivity contribution in [2.24, 2.45) is 0 Å². The predicted octanol–water partition coefficient (Wildman–Crippen LogP) is 3.47. The van der Waals surface area contributed by atoms with Crippen LogP contribution in [0.3, 0.4) is 0 Å². The molecular formula is C32H33NO14S. The van der Waals surface area contributed by atoms with E-state index in [1.165, 1.54) is 16.2 Å². The Bertz CT molecular complexity index is 1570. The van der Waals surface area contributed by atoms with Crippen LogP contribution in [-0.4, -0.2) is 83.0 Å². The molecule has 0 unspecified atom stereocenters. The summed E-state index contributed by atoms with van der Waals surface area (Å²) < 4.78 is 39.7. The van der Waals surface area contributed by atoms with Gasteiger partial charge in [-0.2, -0.15) is 0 Å². The Labute approximate surface area is 279 Å². The van der Waals surface area contributed by atoms with Crippen LogP contribution in [-0.2, 0) is 57.2 Å². The monoisotopic (exact) mass is 687 g/mol. The highest BCUT2D eigenvalue weighted by molar-refractivity contribution is 7.18. The first-order valence-electron chi connectivity index (χ1n) is 14.1. The molecular weight excluding hydrogens is 654 g/mol. The van der Waals surface area contributed by atoms with Crippen LogP contribution in [0.4, 0.5) is 5.69 Å². The van der Waals surface area contributed by atoms with E-state index in [1.54, 1.807) is 25.3 Å². The number of thiophene rings is 1. The first-order valence-corrected chi connectivity index (χ1v) is 14.9. The quantitative estimate of drug-likeness (QED) is 0.114. The minimum Gasteiger partial charge on any atom is -0.497 e. The lowest BCUT2D eigenvalue weighted by Gasteiger charge is -2.25. The minimum atomic E-state index is -0.887. The van der Waals surface area contributed by atoms with E-state index in [2.05, 4.69) is 14.2 Å². The maximum absolute atomic E-state index is 12.7. The van der Waals surface area contributed by atoms with Gasteiger partial charge >= 0.3 is 35.8 Å². The molecule has 0 amide bonds. The predicted molar refractivity (Wildman–Crippen MR) is 168 cm³/mol. The van der Waals surface area contributed by atoms with Crippen LogP contribution in [0.25, 0.3) is 20.9 Å². The van der Waals surface area contributed by atoms with Crippen molar-refractivity contribution in [1.82, 2.24) is 0 Å². The number of anilines is 1. The topological polar surface area (TPSA) is 179 Å². The van der Waals surface area contributed by atoms with Crippen molar-refractivity contribution in [3.8, 4) is 32.4 Å². The molecule has 0 aliphatic rings. The van der Waals surface area contributed by atoms with Gasteiger partial charge in [-0.15, -0.1) is 11.3 Å². The summed E-state index contributed by atoms with van der Waals surface area (Å²) in [4.78, 5) is 73.9. The van der Waals surface area contributed by atoms with E-state index in [4.69, 9.17) is 23.7 Å². The molecule has 3 rings (SSSR count). The Morgan fingerprint density at radius 2 is 1.08 bits per heavy atom. The fraction of sp³-hybridized carbons (Fsp3) is 0.312. The van der Waals surface area contributed by atoms with Crippen molar-refractivity contribution in [3.05, 3.63) is 54.6 Å². The summed E-state index contributed by atoms with van der Waals surface area (Å²) in [5, 5.41) is 0. The van der Waals surface area contributed by atoms with Crippen LogP contribution < -0.4 is 14.4 Å². The van der Waals surface area contributed by atoms with E-state index in [0.29, 0.717) is 5.56 Å². The van der Waals surface area contributed by atoms with Crippen LogP contribution in [0, 0.1) is 0 Å². The molecule has 256 valence electrons. The van der Waals surface area contributed by atoms with Crippen molar-refractivity contribution in [3.63, 3.8) is 0 Å². The maximum atomic E-state index is 12.7. The summed E-state index contributed by atoms with van der Waals surface area (Å²) in [5.41, 5.74) is 1.79.